The lowest BCUT2D eigenvalue weighted by Crippen LogP contribution is -2.02. The first-order valence-corrected chi connectivity index (χ1v) is 15.2. The Hall–Kier alpha value is -0.440. The number of rotatable bonds is 20. The van der Waals surface area contributed by atoms with E-state index in [4.69, 9.17) is 14.2 Å². The fraction of sp³-hybridized carbons (Fsp3) is 0.538. The van der Waals surface area contributed by atoms with Gasteiger partial charge in [-0.05, 0) is 53.5 Å². The first-order valence-electron chi connectivity index (χ1n) is 11.6. The molecule has 0 radical (unpaired) electrons. The van der Waals surface area contributed by atoms with Gasteiger partial charge in [-0.15, -0.1) is 0 Å². The summed E-state index contributed by atoms with van der Waals surface area (Å²) in [5, 5.41) is 0. The maximum atomic E-state index is 6.17. The van der Waals surface area contributed by atoms with Crippen molar-refractivity contribution in [1.82, 2.24) is 0 Å². The Bertz CT molecular complexity index is 728. The van der Waals surface area contributed by atoms with Gasteiger partial charge < -0.3 is 14.2 Å². The molecule has 0 atom stereocenters. The van der Waals surface area contributed by atoms with Crippen LogP contribution in [0.5, 0.6) is 5.75 Å². The molecule has 0 spiro atoms. The SMILES string of the molecule is SCCOCCSCCCc1ccccc1OCc1ccc(CCSCCOCCS)cc1. The maximum absolute atomic E-state index is 6.17. The molecular weight excluding hydrogens is 489 g/mol. The summed E-state index contributed by atoms with van der Waals surface area (Å²) in [4.78, 5) is 0. The zero-order valence-corrected chi connectivity index (χ0v) is 22.9. The molecule has 0 saturated heterocycles. The topological polar surface area (TPSA) is 27.7 Å². The van der Waals surface area contributed by atoms with Gasteiger partial charge in [0, 0.05) is 23.0 Å². The summed E-state index contributed by atoms with van der Waals surface area (Å²) in [7, 11) is 0. The van der Waals surface area contributed by atoms with E-state index < -0.39 is 0 Å². The molecule has 3 nitrogen and oxygen atoms in total. The Morgan fingerprint density at radius 2 is 1.27 bits per heavy atom. The first-order chi connectivity index (χ1) is 16.3. The van der Waals surface area contributed by atoms with Gasteiger partial charge in [-0.1, -0.05) is 42.5 Å². The Kier molecular flexibility index (Phi) is 17.3. The van der Waals surface area contributed by atoms with E-state index in [0.717, 1.165) is 86.0 Å². The average Bonchev–Trinajstić information content (AvgIpc) is 2.85. The van der Waals surface area contributed by atoms with Gasteiger partial charge in [0.25, 0.3) is 0 Å². The molecule has 33 heavy (non-hydrogen) atoms. The third-order valence-corrected chi connectivity index (χ3v) is 7.22. The lowest BCUT2D eigenvalue weighted by atomic mass is 10.1. The summed E-state index contributed by atoms with van der Waals surface area (Å²) in [6, 6.07) is 17.2. The molecule has 0 bridgehead atoms. The average molecular weight is 527 g/mol. The normalized spacial score (nSPS) is 11.1. The van der Waals surface area contributed by atoms with Crippen molar-refractivity contribution in [3.8, 4) is 5.75 Å². The second kappa shape index (κ2) is 19.8. The number of thiol groups is 2. The lowest BCUT2D eigenvalue weighted by molar-refractivity contribution is 0.167. The summed E-state index contributed by atoms with van der Waals surface area (Å²) in [6.45, 7) is 3.71. The van der Waals surface area contributed by atoms with Gasteiger partial charge in [-0.25, -0.2) is 0 Å². The molecule has 2 rings (SSSR count). The zero-order chi connectivity index (χ0) is 23.4. The zero-order valence-electron chi connectivity index (χ0n) is 19.5. The molecule has 0 aliphatic rings. The van der Waals surface area contributed by atoms with E-state index >= 15 is 0 Å². The molecule has 2 aromatic rings. The van der Waals surface area contributed by atoms with Crippen LogP contribution in [0, 0.1) is 0 Å². The number of aryl methyl sites for hydroxylation is 2. The highest BCUT2D eigenvalue weighted by atomic mass is 32.2. The quantitative estimate of drug-likeness (QED) is 0.161. The van der Waals surface area contributed by atoms with Crippen LogP contribution in [-0.2, 0) is 28.9 Å². The van der Waals surface area contributed by atoms with Crippen LogP contribution in [0.2, 0.25) is 0 Å². The smallest absolute Gasteiger partial charge is 0.122 e. The van der Waals surface area contributed by atoms with Gasteiger partial charge in [0.15, 0.2) is 0 Å². The second-order valence-electron chi connectivity index (χ2n) is 7.46. The van der Waals surface area contributed by atoms with Crippen molar-refractivity contribution in [3.05, 3.63) is 65.2 Å². The molecule has 0 aliphatic heterocycles. The highest BCUT2D eigenvalue weighted by molar-refractivity contribution is 7.99. The fourth-order valence-corrected chi connectivity index (χ4v) is 5.01. The van der Waals surface area contributed by atoms with Crippen LogP contribution in [0.15, 0.2) is 48.5 Å². The molecule has 0 aliphatic carbocycles. The van der Waals surface area contributed by atoms with Crippen LogP contribution in [0.4, 0.5) is 0 Å². The van der Waals surface area contributed by atoms with Gasteiger partial charge >= 0.3 is 0 Å². The van der Waals surface area contributed by atoms with Crippen LogP contribution in [-0.4, -0.2) is 60.9 Å². The van der Waals surface area contributed by atoms with Gasteiger partial charge in [-0.3, -0.25) is 0 Å². The minimum atomic E-state index is 0.603. The minimum absolute atomic E-state index is 0.603. The standard InChI is InChI=1S/C26H38O3S4/c30-16-12-27-14-20-32-18-3-5-25-4-1-2-6-26(25)29-22-24-9-7-23(8-10-24)11-19-33-21-15-28-13-17-31/h1-2,4,6-10,30-31H,3,5,11-22H2. The Labute approximate surface area is 219 Å². The van der Waals surface area contributed by atoms with E-state index in [9.17, 15) is 0 Å². The predicted octanol–water partition coefficient (Wildman–Crippen LogP) is 6.10. The number of para-hydroxylation sites is 1. The van der Waals surface area contributed by atoms with Crippen molar-refractivity contribution < 1.29 is 14.2 Å². The number of thioether (sulfide) groups is 2. The highest BCUT2D eigenvalue weighted by Gasteiger charge is 2.04. The maximum Gasteiger partial charge on any atom is 0.122 e. The van der Waals surface area contributed by atoms with Gasteiger partial charge in [0.1, 0.15) is 12.4 Å². The molecule has 184 valence electrons. The van der Waals surface area contributed by atoms with Crippen LogP contribution >= 0.6 is 48.8 Å². The Balaban J connectivity index is 1.64. The molecular formula is C26H38O3S4. The van der Waals surface area contributed by atoms with E-state index in [-0.39, 0.29) is 0 Å². The van der Waals surface area contributed by atoms with E-state index in [0.29, 0.717) is 6.61 Å². The Morgan fingerprint density at radius 3 is 1.97 bits per heavy atom. The van der Waals surface area contributed by atoms with Crippen molar-refractivity contribution in [2.24, 2.45) is 0 Å². The molecule has 0 amide bonds. The van der Waals surface area contributed by atoms with E-state index in [1.54, 1.807) is 0 Å². The number of hydrogen-bond acceptors (Lipinski definition) is 7. The van der Waals surface area contributed by atoms with Crippen molar-refractivity contribution in [2.45, 2.75) is 25.9 Å². The van der Waals surface area contributed by atoms with Gasteiger partial charge in [-0.2, -0.15) is 48.8 Å². The van der Waals surface area contributed by atoms with Crippen molar-refractivity contribution in [3.63, 3.8) is 0 Å². The van der Waals surface area contributed by atoms with Crippen molar-refractivity contribution in [1.29, 1.82) is 0 Å². The number of ether oxygens (including phenoxy) is 3. The minimum Gasteiger partial charge on any atom is -0.489 e. The van der Waals surface area contributed by atoms with Crippen LogP contribution in [0.3, 0.4) is 0 Å². The second-order valence-corrected chi connectivity index (χ2v) is 10.8. The molecule has 7 heteroatoms. The van der Waals surface area contributed by atoms with E-state index in [2.05, 4.69) is 73.8 Å². The fourth-order valence-electron chi connectivity index (χ4n) is 3.14. The van der Waals surface area contributed by atoms with Crippen LogP contribution in [0.25, 0.3) is 0 Å². The molecule has 0 N–H and O–H groups in total. The highest BCUT2D eigenvalue weighted by Crippen LogP contribution is 2.22. The van der Waals surface area contributed by atoms with E-state index in [1.807, 2.05) is 23.5 Å². The number of hydrogen-bond donors (Lipinski definition) is 2. The van der Waals surface area contributed by atoms with Gasteiger partial charge in [0.05, 0.1) is 26.4 Å². The summed E-state index contributed by atoms with van der Waals surface area (Å²) in [6.07, 6.45) is 3.27. The largest absolute Gasteiger partial charge is 0.489 e. The molecule has 0 heterocycles. The van der Waals surface area contributed by atoms with Gasteiger partial charge in [0.2, 0.25) is 0 Å². The van der Waals surface area contributed by atoms with Crippen molar-refractivity contribution >= 4 is 48.8 Å². The summed E-state index contributed by atoms with van der Waals surface area (Å²) in [5.74, 6) is 6.93. The first kappa shape index (κ1) is 28.8. The third-order valence-electron chi connectivity index (χ3n) is 4.88. The molecule has 0 unspecified atom stereocenters. The lowest BCUT2D eigenvalue weighted by Gasteiger charge is -2.12. The monoisotopic (exact) mass is 526 g/mol. The van der Waals surface area contributed by atoms with Crippen LogP contribution in [0.1, 0.15) is 23.1 Å². The molecule has 0 aromatic heterocycles. The van der Waals surface area contributed by atoms with Crippen LogP contribution < -0.4 is 4.74 Å². The molecule has 0 fully saturated rings. The summed E-state index contributed by atoms with van der Waals surface area (Å²) in [5.41, 5.74) is 3.87. The summed E-state index contributed by atoms with van der Waals surface area (Å²) < 4.78 is 17.1. The third kappa shape index (κ3) is 13.9. The van der Waals surface area contributed by atoms with E-state index in [1.165, 1.54) is 16.7 Å². The van der Waals surface area contributed by atoms with Crippen molar-refractivity contribution in [2.75, 3.05) is 60.9 Å². The summed E-state index contributed by atoms with van der Waals surface area (Å²) >= 11 is 12.2. The Morgan fingerprint density at radius 1 is 0.636 bits per heavy atom. The number of benzene rings is 2. The molecule has 0 saturated carbocycles. The molecule has 2 aromatic carbocycles. The predicted molar refractivity (Wildman–Crippen MR) is 153 cm³/mol.